The van der Waals surface area contributed by atoms with E-state index >= 15 is 0 Å². The van der Waals surface area contributed by atoms with Crippen LogP contribution in [-0.2, 0) is 28.6 Å². The second-order valence-electron chi connectivity index (χ2n) is 7.84. The fraction of sp³-hybridized carbons (Fsp3) is 0.192. The van der Waals surface area contributed by atoms with Crippen LogP contribution in [0.3, 0.4) is 0 Å². The van der Waals surface area contributed by atoms with Gasteiger partial charge in [0.15, 0.2) is 11.0 Å². The number of benzene rings is 3. The van der Waals surface area contributed by atoms with E-state index in [0.717, 1.165) is 30.6 Å². The summed E-state index contributed by atoms with van der Waals surface area (Å²) in [5.41, 5.74) is 7.25. The highest BCUT2D eigenvalue weighted by Crippen LogP contribution is 2.40. The van der Waals surface area contributed by atoms with Crippen molar-refractivity contribution >= 4 is 21.8 Å². The van der Waals surface area contributed by atoms with Crippen molar-refractivity contribution in [1.29, 1.82) is 0 Å². The lowest BCUT2D eigenvalue weighted by molar-refractivity contribution is -0.114. The van der Waals surface area contributed by atoms with Gasteiger partial charge in [-0.15, -0.1) is 0 Å². The minimum Gasteiger partial charge on any atom is -0.486 e. The quantitative estimate of drug-likeness (QED) is 0.613. The number of aryl methyl sites for hydroxylation is 1. The molecular weight excluding hydrogens is 406 g/mol. The molecule has 0 bridgehead atoms. The summed E-state index contributed by atoms with van der Waals surface area (Å²) in [6.45, 7) is 2.17. The zero-order valence-corrected chi connectivity index (χ0v) is 18.1. The normalized spacial score (nSPS) is 19.6. The van der Waals surface area contributed by atoms with E-state index in [1.54, 1.807) is 0 Å². The molecule has 1 N–H and O–H groups in total. The minimum atomic E-state index is -1.48. The molecule has 0 fully saturated rings. The maximum Gasteiger partial charge on any atom is 0.257 e. The lowest BCUT2D eigenvalue weighted by Gasteiger charge is -2.16. The molecule has 4 nitrogen and oxygen atoms in total. The van der Waals surface area contributed by atoms with Gasteiger partial charge in [0.05, 0.1) is 4.91 Å². The SMILES string of the molecule is CCc1ccc(-c2cccc3c2CC[C@H]3Oc2ccc(C3=CC(=O)NS3=O)cc2)cc1. The molecular formula is C26H23NO3S. The summed E-state index contributed by atoms with van der Waals surface area (Å²) in [5, 5.41) is 0. The number of hydrogen-bond acceptors (Lipinski definition) is 3. The third kappa shape index (κ3) is 3.81. The van der Waals surface area contributed by atoms with Crippen LogP contribution in [0.1, 0.15) is 41.7 Å². The molecule has 3 aromatic rings. The molecule has 2 atom stereocenters. The Balaban J connectivity index is 1.37. The third-order valence-corrected chi connectivity index (χ3v) is 7.10. The summed E-state index contributed by atoms with van der Waals surface area (Å²) in [7, 11) is -1.48. The highest BCUT2D eigenvalue weighted by atomic mass is 32.2. The Morgan fingerprint density at radius 2 is 1.74 bits per heavy atom. The van der Waals surface area contributed by atoms with E-state index in [-0.39, 0.29) is 12.0 Å². The predicted octanol–water partition coefficient (Wildman–Crippen LogP) is 5.12. The molecule has 156 valence electrons. The van der Waals surface area contributed by atoms with E-state index in [9.17, 15) is 9.00 Å². The van der Waals surface area contributed by atoms with Crippen LogP contribution in [0.2, 0.25) is 0 Å². The molecule has 0 saturated carbocycles. The van der Waals surface area contributed by atoms with Gasteiger partial charge in [0.2, 0.25) is 0 Å². The Morgan fingerprint density at radius 1 is 1.00 bits per heavy atom. The van der Waals surface area contributed by atoms with E-state index in [0.29, 0.717) is 4.91 Å². The molecule has 5 rings (SSSR count). The van der Waals surface area contributed by atoms with Crippen LogP contribution in [-0.4, -0.2) is 10.1 Å². The van der Waals surface area contributed by atoms with E-state index in [1.165, 1.54) is 33.9 Å². The molecule has 0 spiro atoms. The van der Waals surface area contributed by atoms with E-state index in [4.69, 9.17) is 4.74 Å². The van der Waals surface area contributed by atoms with Crippen molar-refractivity contribution in [3.63, 3.8) is 0 Å². The standard InChI is InChI=1S/C26H23NO3S/c1-2-17-6-8-18(9-7-17)21-4-3-5-23-22(21)14-15-24(23)30-20-12-10-19(11-13-20)25-16-26(28)27-31(25)29/h3-13,16,24H,2,14-15H2,1H3,(H,27,28)/t24-,31?/m1/s1. The molecule has 1 heterocycles. The molecule has 0 radical (unpaired) electrons. The predicted molar refractivity (Wildman–Crippen MR) is 124 cm³/mol. The number of hydrogen-bond donors (Lipinski definition) is 1. The lowest BCUT2D eigenvalue weighted by Crippen LogP contribution is -2.16. The van der Waals surface area contributed by atoms with Gasteiger partial charge in [0, 0.05) is 6.08 Å². The van der Waals surface area contributed by atoms with Gasteiger partial charge in [0.25, 0.3) is 5.91 Å². The topological polar surface area (TPSA) is 55.4 Å². The van der Waals surface area contributed by atoms with Gasteiger partial charge >= 0.3 is 0 Å². The Kier molecular flexibility index (Phi) is 5.20. The molecule has 1 amide bonds. The van der Waals surface area contributed by atoms with Gasteiger partial charge in [-0.1, -0.05) is 61.5 Å². The first-order valence-electron chi connectivity index (χ1n) is 10.5. The van der Waals surface area contributed by atoms with Crippen LogP contribution in [0.25, 0.3) is 16.0 Å². The molecule has 2 aliphatic rings. The third-order valence-electron chi connectivity index (χ3n) is 5.96. The van der Waals surface area contributed by atoms with E-state index in [2.05, 4.69) is 54.1 Å². The molecule has 1 aliphatic carbocycles. The zero-order chi connectivity index (χ0) is 21.4. The highest BCUT2D eigenvalue weighted by Gasteiger charge is 2.27. The smallest absolute Gasteiger partial charge is 0.257 e. The zero-order valence-electron chi connectivity index (χ0n) is 17.3. The van der Waals surface area contributed by atoms with E-state index < -0.39 is 11.0 Å². The van der Waals surface area contributed by atoms with Crippen LogP contribution in [0.5, 0.6) is 5.75 Å². The van der Waals surface area contributed by atoms with Gasteiger partial charge < -0.3 is 4.74 Å². The second-order valence-corrected chi connectivity index (χ2v) is 9.02. The fourth-order valence-electron chi connectivity index (χ4n) is 4.33. The van der Waals surface area contributed by atoms with Gasteiger partial charge in [0.1, 0.15) is 11.9 Å². The van der Waals surface area contributed by atoms with Crippen LogP contribution in [0.15, 0.2) is 72.8 Å². The molecule has 0 saturated heterocycles. The average molecular weight is 430 g/mol. The molecule has 1 unspecified atom stereocenters. The molecule has 0 aromatic heterocycles. The first kappa shape index (κ1) is 19.8. The fourth-order valence-corrected chi connectivity index (χ4v) is 5.25. The van der Waals surface area contributed by atoms with Crippen molar-refractivity contribution in [3.05, 3.63) is 95.1 Å². The largest absolute Gasteiger partial charge is 0.486 e. The van der Waals surface area contributed by atoms with Gasteiger partial charge in [-0.05, 0) is 64.8 Å². The van der Waals surface area contributed by atoms with Crippen molar-refractivity contribution in [1.82, 2.24) is 4.72 Å². The Labute approximate surface area is 184 Å². The molecule has 5 heteroatoms. The van der Waals surface area contributed by atoms with Crippen LogP contribution < -0.4 is 9.46 Å². The van der Waals surface area contributed by atoms with Crippen LogP contribution >= 0.6 is 0 Å². The first-order valence-corrected chi connectivity index (χ1v) is 11.7. The number of rotatable bonds is 5. The number of carbonyl (C=O) groups is 1. The van der Waals surface area contributed by atoms with Crippen molar-refractivity contribution in [2.45, 2.75) is 32.3 Å². The molecule has 3 aromatic carbocycles. The summed E-state index contributed by atoms with van der Waals surface area (Å²) < 4.78 is 20.7. The number of amides is 1. The molecule has 31 heavy (non-hydrogen) atoms. The van der Waals surface area contributed by atoms with Crippen molar-refractivity contribution < 1.29 is 13.7 Å². The summed E-state index contributed by atoms with van der Waals surface area (Å²) >= 11 is 0. The summed E-state index contributed by atoms with van der Waals surface area (Å²) in [4.78, 5) is 11.9. The first-order chi connectivity index (χ1) is 15.1. The van der Waals surface area contributed by atoms with Crippen LogP contribution in [0, 0.1) is 0 Å². The minimum absolute atomic E-state index is 0.0128. The maximum atomic E-state index is 12.0. The Morgan fingerprint density at radius 3 is 2.42 bits per heavy atom. The lowest BCUT2D eigenvalue weighted by atomic mass is 9.96. The van der Waals surface area contributed by atoms with Crippen molar-refractivity contribution in [3.8, 4) is 16.9 Å². The average Bonchev–Trinajstić information content (AvgIpc) is 3.36. The Bertz CT molecular complexity index is 1200. The molecule has 1 aliphatic heterocycles. The van der Waals surface area contributed by atoms with Crippen LogP contribution in [0.4, 0.5) is 0 Å². The van der Waals surface area contributed by atoms with E-state index in [1.807, 2.05) is 24.3 Å². The van der Waals surface area contributed by atoms with Gasteiger partial charge in [-0.2, -0.15) is 0 Å². The van der Waals surface area contributed by atoms with Crippen molar-refractivity contribution in [2.24, 2.45) is 0 Å². The maximum absolute atomic E-state index is 12.0. The summed E-state index contributed by atoms with van der Waals surface area (Å²) in [6, 6.07) is 22.7. The van der Waals surface area contributed by atoms with Gasteiger partial charge in [-0.3, -0.25) is 9.52 Å². The summed E-state index contributed by atoms with van der Waals surface area (Å²) in [6.07, 6.45) is 4.37. The van der Waals surface area contributed by atoms with Gasteiger partial charge in [-0.25, -0.2) is 4.21 Å². The second kappa shape index (κ2) is 8.16. The summed E-state index contributed by atoms with van der Waals surface area (Å²) in [5.74, 6) is 0.444. The monoisotopic (exact) mass is 429 g/mol. The number of ether oxygens (including phenoxy) is 1. The number of nitrogens with one attached hydrogen (secondary N) is 1. The number of fused-ring (bicyclic) bond motifs is 1. The van der Waals surface area contributed by atoms with Crippen molar-refractivity contribution in [2.75, 3.05) is 0 Å². The number of carbonyl (C=O) groups excluding carboxylic acids is 1. The highest BCUT2D eigenvalue weighted by molar-refractivity contribution is 7.93. The Hall–Kier alpha value is -3.18.